The average molecular weight is 512 g/mol. The van der Waals surface area contributed by atoms with Gasteiger partial charge in [-0.15, -0.1) is 0 Å². The third-order valence-corrected chi connectivity index (χ3v) is 7.51. The lowest BCUT2D eigenvalue weighted by molar-refractivity contribution is 0.0591. The van der Waals surface area contributed by atoms with Crippen molar-refractivity contribution < 1.29 is 0 Å². The van der Waals surface area contributed by atoms with E-state index in [4.69, 9.17) is 4.98 Å². The first-order chi connectivity index (χ1) is 18.4. The molecule has 3 aromatic heterocycles. The Balaban J connectivity index is 1.11. The van der Waals surface area contributed by atoms with E-state index in [0.717, 1.165) is 79.1 Å². The van der Waals surface area contributed by atoms with Crippen LogP contribution in [0.5, 0.6) is 0 Å². The maximum Gasteiger partial charge on any atom is 0.206 e. The third-order valence-electron chi connectivity index (χ3n) is 7.51. The van der Waals surface area contributed by atoms with Gasteiger partial charge in [-0.25, -0.2) is 19.9 Å². The van der Waals surface area contributed by atoms with E-state index in [2.05, 4.69) is 85.4 Å². The Morgan fingerprint density at radius 3 is 2.58 bits per heavy atom. The first kappa shape index (κ1) is 24.8. The van der Waals surface area contributed by atoms with Crippen molar-refractivity contribution in [2.24, 2.45) is 5.92 Å². The van der Waals surface area contributed by atoms with Gasteiger partial charge >= 0.3 is 0 Å². The van der Waals surface area contributed by atoms with Crippen LogP contribution in [0.15, 0.2) is 48.9 Å². The molecule has 9 nitrogen and oxygen atoms in total. The number of nitrogens with zero attached hydrogens (tertiary/aromatic N) is 6. The molecule has 1 aromatic carbocycles. The predicted octanol–water partition coefficient (Wildman–Crippen LogP) is 4.90. The molecule has 38 heavy (non-hydrogen) atoms. The van der Waals surface area contributed by atoms with Gasteiger partial charge in [-0.1, -0.05) is 6.07 Å². The number of rotatable bonds is 8. The second kappa shape index (κ2) is 10.3. The molecule has 0 unspecified atom stereocenters. The quantitative estimate of drug-likeness (QED) is 0.307. The van der Waals surface area contributed by atoms with Crippen molar-refractivity contribution in [1.82, 2.24) is 34.7 Å². The van der Waals surface area contributed by atoms with Crippen LogP contribution >= 0.6 is 0 Å². The van der Waals surface area contributed by atoms with Crippen molar-refractivity contribution in [2.45, 2.75) is 45.7 Å². The Labute approximate surface area is 224 Å². The van der Waals surface area contributed by atoms with Crippen LogP contribution in [0.3, 0.4) is 0 Å². The largest absolute Gasteiger partial charge is 0.370 e. The molecule has 0 amide bonds. The SMILES string of the molecule is CC(C)(C)N1CCN(Cc2ccnc(Nc3nc4ccc(-c5cc(NCC6CC6)ncn5)cc4[nH]3)c2)CC1. The minimum Gasteiger partial charge on any atom is -0.370 e. The van der Waals surface area contributed by atoms with E-state index in [0.29, 0.717) is 5.95 Å². The zero-order valence-electron chi connectivity index (χ0n) is 22.5. The van der Waals surface area contributed by atoms with Gasteiger partial charge in [-0.2, -0.15) is 0 Å². The van der Waals surface area contributed by atoms with Crippen molar-refractivity contribution in [3.05, 3.63) is 54.5 Å². The van der Waals surface area contributed by atoms with Crippen molar-refractivity contribution in [3.63, 3.8) is 0 Å². The van der Waals surface area contributed by atoms with Crippen molar-refractivity contribution in [3.8, 4) is 11.3 Å². The van der Waals surface area contributed by atoms with Gasteiger partial charge in [0, 0.05) is 62.6 Å². The molecule has 4 heterocycles. The molecular weight excluding hydrogens is 474 g/mol. The maximum absolute atomic E-state index is 4.73. The highest BCUT2D eigenvalue weighted by molar-refractivity contribution is 5.83. The molecule has 0 spiro atoms. The number of hydrogen-bond acceptors (Lipinski definition) is 8. The monoisotopic (exact) mass is 511 g/mol. The lowest BCUT2D eigenvalue weighted by atomic mass is 10.0. The van der Waals surface area contributed by atoms with E-state index in [1.54, 1.807) is 6.33 Å². The lowest BCUT2D eigenvalue weighted by Crippen LogP contribution is -2.53. The molecule has 3 N–H and O–H groups in total. The molecule has 4 aromatic rings. The topological polar surface area (TPSA) is 97.9 Å². The molecule has 2 aliphatic rings. The first-order valence-electron chi connectivity index (χ1n) is 13.6. The van der Waals surface area contributed by atoms with Gasteiger partial charge in [-0.05, 0) is 69.4 Å². The molecule has 2 fully saturated rings. The minimum absolute atomic E-state index is 0.234. The van der Waals surface area contributed by atoms with Gasteiger partial charge in [0.25, 0.3) is 0 Å². The molecule has 0 atom stereocenters. The summed E-state index contributed by atoms with van der Waals surface area (Å²) in [4.78, 5) is 26.6. The number of H-pyrrole nitrogens is 1. The fourth-order valence-corrected chi connectivity index (χ4v) is 5.01. The molecule has 0 radical (unpaired) electrons. The van der Waals surface area contributed by atoms with Crippen LogP contribution in [0.25, 0.3) is 22.3 Å². The van der Waals surface area contributed by atoms with Crippen LogP contribution in [0.4, 0.5) is 17.6 Å². The normalized spacial score (nSPS) is 17.1. The number of fused-ring (bicyclic) bond motifs is 1. The number of hydrogen-bond donors (Lipinski definition) is 3. The van der Waals surface area contributed by atoms with E-state index >= 15 is 0 Å². The van der Waals surface area contributed by atoms with E-state index in [9.17, 15) is 0 Å². The molecule has 0 bridgehead atoms. The number of imidazole rings is 1. The van der Waals surface area contributed by atoms with Crippen molar-refractivity contribution in [1.29, 1.82) is 0 Å². The van der Waals surface area contributed by atoms with Crippen molar-refractivity contribution in [2.75, 3.05) is 43.4 Å². The fourth-order valence-electron chi connectivity index (χ4n) is 5.01. The number of piperazine rings is 1. The number of aromatic amines is 1. The van der Waals surface area contributed by atoms with Crippen LogP contribution in [-0.2, 0) is 6.54 Å². The highest BCUT2D eigenvalue weighted by Crippen LogP contribution is 2.29. The average Bonchev–Trinajstić information content (AvgIpc) is 3.65. The summed E-state index contributed by atoms with van der Waals surface area (Å²) >= 11 is 0. The third kappa shape index (κ3) is 5.95. The van der Waals surface area contributed by atoms with Gasteiger partial charge in [0.15, 0.2) is 0 Å². The number of aromatic nitrogens is 5. The summed E-state index contributed by atoms with van der Waals surface area (Å²) in [5.41, 5.74) is 5.24. The van der Waals surface area contributed by atoms with Gasteiger partial charge in [0.05, 0.1) is 16.7 Å². The van der Waals surface area contributed by atoms with E-state index in [1.165, 1.54) is 18.4 Å². The Hall–Kier alpha value is -3.56. The maximum atomic E-state index is 4.73. The smallest absolute Gasteiger partial charge is 0.206 e. The van der Waals surface area contributed by atoms with Gasteiger partial charge in [0.2, 0.25) is 5.95 Å². The molecule has 198 valence electrons. The van der Waals surface area contributed by atoms with E-state index in [1.807, 2.05) is 18.3 Å². The molecule has 1 saturated carbocycles. The number of benzene rings is 1. The standard InChI is InChI=1S/C29H37N9/c1-29(2,3)38-12-10-37(11-13-38)18-21-8-9-30-27(14-21)36-28-34-23-7-6-22(15-25(23)35-28)24-16-26(33-19-32-24)31-17-20-4-5-20/h6-9,14-16,19-20H,4-5,10-13,17-18H2,1-3H3,(H,31,32,33)(H2,30,34,35,36). The van der Waals surface area contributed by atoms with Crippen LogP contribution in [-0.4, -0.2) is 73.0 Å². The summed E-state index contributed by atoms with van der Waals surface area (Å²) in [5.74, 6) is 3.13. The summed E-state index contributed by atoms with van der Waals surface area (Å²) in [6, 6.07) is 12.4. The molecule has 1 saturated heterocycles. The number of nitrogens with one attached hydrogen (secondary N) is 3. The molecule has 1 aliphatic carbocycles. The Morgan fingerprint density at radius 1 is 0.947 bits per heavy atom. The molecular formula is C29H37N9. The Bertz CT molecular complexity index is 1390. The summed E-state index contributed by atoms with van der Waals surface area (Å²) < 4.78 is 0. The molecule has 9 heteroatoms. The van der Waals surface area contributed by atoms with Gasteiger partial charge in [-0.3, -0.25) is 9.80 Å². The lowest BCUT2D eigenvalue weighted by Gasteiger charge is -2.42. The Morgan fingerprint density at radius 2 is 1.79 bits per heavy atom. The molecule has 1 aliphatic heterocycles. The second-order valence-electron chi connectivity index (χ2n) is 11.5. The molecule has 6 rings (SSSR count). The van der Waals surface area contributed by atoms with Crippen LogP contribution in [0, 0.1) is 5.92 Å². The second-order valence-corrected chi connectivity index (χ2v) is 11.5. The van der Waals surface area contributed by atoms with Crippen molar-refractivity contribution >= 4 is 28.6 Å². The van der Waals surface area contributed by atoms with Crippen LogP contribution in [0.2, 0.25) is 0 Å². The van der Waals surface area contributed by atoms with Gasteiger partial charge < -0.3 is 15.6 Å². The summed E-state index contributed by atoms with van der Waals surface area (Å²) in [7, 11) is 0. The highest BCUT2D eigenvalue weighted by Gasteiger charge is 2.25. The van der Waals surface area contributed by atoms with E-state index < -0.39 is 0 Å². The summed E-state index contributed by atoms with van der Waals surface area (Å²) in [6.45, 7) is 13.2. The highest BCUT2D eigenvalue weighted by atomic mass is 15.3. The fraction of sp³-hybridized carbons (Fsp3) is 0.448. The summed E-state index contributed by atoms with van der Waals surface area (Å²) in [5, 5.41) is 6.79. The zero-order valence-corrected chi connectivity index (χ0v) is 22.5. The Kier molecular flexibility index (Phi) is 6.71. The zero-order chi connectivity index (χ0) is 26.1. The first-order valence-corrected chi connectivity index (χ1v) is 13.6. The summed E-state index contributed by atoms with van der Waals surface area (Å²) in [6.07, 6.45) is 6.12. The van der Waals surface area contributed by atoms with Gasteiger partial charge in [0.1, 0.15) is 18.0 Å². The van der Waals surface area contributed by atoms with Crippen LogP contribution in [0.1, 0.15) is 39.2 Å². The minimum atomic E-state index is 0.234. The number of anilines is 3. The number of pyridine rings is 1. The van der Waals surface area contributed by atoms with Crippen LogP contribution < -0.4 is 10.6 Å². The predicted molar refractivity (Wildman–Crippen MR) is 152 cm³/mol. The van der Waals surface area contributed by atoms with E-state index in [-0.39, 0.29) is 5.54 Å².